The maximum Gasteiger partial charge on any atom is 0.220 e. The molecule has 0 amide bonds. The Hall–Kier alpha value is -0.940. The van der Waals surface area contributed by atoms with Gasteiger partial charge in [0.05, 0.1) is 5.69 Å². The fraction of sp³-hybridized carbons (Fsp3) is 0.500. The van der Waals surface area contributed by atoms with Crippen molar-refractivity contribution in [3.63, 3.8) is 0 Å². The normalized spacial score (nSPS) is 14.1. The summed E-state index contributed by atoms with van der Waals surface area (Å²) in [5, 5.41) is -0.624. The minimum atomic E-state index is -3.33. The monoisotopic (exact) mass is 228 g/mol. The smallest absolute Gasteiger partial charge is 0.220 e. The van der Waals surface area contributed by atoms with Gasteiger partial charge in [0, 0.05) is 12.2 Å². The van der Waals surface area contributed by atoms with Crippen LogP contribution in [0.25, 0.3) is 0 Å². The number of nitrogens with one attached hydrogen (secondary N) is 1. The number of sulfonamides is 1. The van der Waals surface area contributed by atoms with Gasteiger partial charge in [0.1, 0.15) is 5.25 Å². The van der Waals surface area contributed by atoms with Crippen LogP contribution in [0.3, 0.4) is 0 Å². The summed E-state index contributed by atoms with van der Waals surface area (Å²) < 4.78 is 26.1. The van der Waals surface area contributed by atoms with Crippen molar-refractivity contribution < 1.29 is 8.42 Å². The van der Waals surface area contributed by atoms with Gasteiger partial charge in [-0.15, -0.1) is 0 Å². The zero-order valence-electron chi connectivity index (χ0n) is 9.14. The average Bonchev–Trinajstić information content (AvgIpc) is 2.16. The van der Waals surface area contributed by atoms with Crippen LogP contribution < -0.4 is 4.72 Å². The van der Waals surface area contributed by atoms with Crippen molar-refractivity contribution in [1.29, 1.82) is 0 Å². The first kappa shape index (κ1) is 12.1. The molecule has 0 saturated carbocycles. The third-order valence-corrected chi connectivity index (χ3v) is 3.94. The Labute approximate surface area is 90.8 Å². The Morgan fingerprint density at radius 1 is 1.27 bits per heavy atom. The van der Waals surface area contributed by atoms with Crippen molar-refractivity contribution in [2.45, 2.75) is 32.1 Å². The highest BCUT2D eigenvalue weighted by atomic mass is 32.2. The van der Waals surface area contributed by atoms with E-state index in [1.165, 1.54) is 0 Å². The fourth-order valence-electron chi connectivity index (χ4n) is 1.21. The molecule has 0 spiro atoms. The van der Waals surface area contributed by atoms with Gasteiger partial charge in [0.2, 0.25) is 10.0 Å². The lowest BCUT2D eigenvalue weighted by Gasteiger charge is -2.15. The number of nitrogens with zero attached hydrogens (tertiary/aromatic N) is 1. The molecular formula is C10H16N2O2S. The maximum atomic E-state index is 11.8. The molecule has 0 aliphatic heterocycles. The molecule has 1 aromatic heterocycles. The van der Waals surface area contributed by atoms with E-state index in [-0.39, 0.29) is 6.04 Å². The molecule has 0 aliphatic rings. The van der Waals surface area contributed by atoms with Gasteiger partial charge in [0.15, 0.2) is 0 Å². The first-order valence-electron chi connectivity index (χ1n) is 4.85. The van der Waals surface area contributed by atoms with E-state index in [1.54, 1.807) is 45.2 Å². The Morgan fingerprint density at radius 3 is 2.40 bits per heavy atom. The predicted molar refractivity (Wildman–Crippen MR) is 59.8 cm³/mol. The lowest BCUT2D eigenvalue weighted by Crippen LogP contribution is -2.33. The van der Waals surface area contributed by atoms with Crippen LogP contribution in [0, 0.1) is 0 Å². The highest BCUT2D eigenvalue weighted by molar-refractivity contribution is 7.89. The molecular weight excluding hydrogens is 212 g/mol. The van der Waals surface area contributed by atoms with Crippen LogP contribution in [0.5, 0.6) is 0 Å². The standard InChI is InChI=1S/C10H16N2O2S/c1-8(2)12-15(13,14)9(3)10-6-4-5-7-11-10/h4-9,12H,1-3H3/t9-/m1/s1. The molecule has 0 aromatic carbocycles. The summed E-state index contributed by atoms with van der Waals surface area (Å²) in [4.78, 5) is 4.03. The molecule has 1 aromatic rings. The molecule has 1 rings (SSSR count). The average molecular weight is 228 g/mol. The molecule has 0 unspecified atom stereocenters. The Kier molecular flexibility index (Phi) is 3.82. The van der Waals surface area contributed by atoms with E-state index in [1.807, 2.05) is 0 Å². The first-order valence-corrected chi connectivity index (χ1v) is 6.40. The predicted octanol–water partition coefficient (Wildman–Crippen LogP) is 1.47. The summed E-state index contributed by atoms with van der Waals surface area (Å²) in [5.41, 5.74) is 0.561. The van der Waals surface area contributed by atoms with Crippen molar-refractivity contribution in [3.8, 4) is 0 Å². The maximum absolute atomic E-state index is 11.8. The number of rotatable bonds is 4. The molecule has 1 heterocycles. The zero-order valence-corrected chi connectivity index (χ0v) is 9.95. The van der Waals surface area contributed by atoms with Crippen LogP contribution in [0.15, 0.2) is 24.4 Å². The molecule has 4 nitrogen and oxygen atoms in total. The summed E-state index contributed by atoms with van der Waals surface area (Å²) >= 11 is 0. The molecule has 5 heteroatoms. The number of hydrogen-bond donors (Lipinski definition) is 1. The van der Waals surface area contributed by atoms with Crippen molar-refractivity contribution in [2.75, 3.05) is 0 Å². The molecule has 0 aliphatic carbocycles. The fourth-order valence-corrected chi connectivity index (χ4v) is 2.52. The largest absolute Gasteiger partial charge is 0.260 e. The van der Waals surface area contributed by atoms with Crippen LogP contribution in [-0.2, 0) is 10.0 Å². The molecule has 0 fully saturated rings. The molecule has 0 radical (unpaired) electrons. The summed E-state index contributed by atoms with van der Waals surface area (Å²) in [6, 6.07) is 5.16. The SMILES string of the molecule is CC(C)NS(=O)(=O)[C@H](C)c1ccccn1. The molecule has 15 heavy (non-hydrogen) atoms. The minimum Gasteiger partial charge on any atom is -0.260 e. The van der Waals surface area contributed by atoms with Gasteiger partial charge in [-0.05, 0) is 32.9 Å². The summed E-state index contributed by atoms with van der Waals surface area (Å²) in [6.07, 6.45) is 1.59. The van der Waals surface area contributed by atoms with Gasteiger partial charge in [-0.3, -0.25) is 4.98 Å². The Morgan fingerprint density at radius 2 is 1.93 bits per heavy atom. The third-order valence-electron chi connectivity index (χ3n) is 1.97. The first-order chi connectivity index (χ1) is 6.93. The van der Waals surface area contributed by atoms with E-state index < -0.39 is 15.3 Å². The molecule has 1 N–H and O–H groups in total. The van der Waals surface area contributed by atoms with Crippen LogP contribution >= 0.6 is 0 Å². The molecule has 0 saturated heterocycles. The van der Waals surface area contributed by atoms with Crippen LogP contribution in [0.2, 0.25) is 0 Å². The topological polar surface area (TPSA) is 59.1 Å². The summed E-state index contributed by atoms with van der Waals surface area (Å²) in [7, 11) is -3.33. The second-order valence-electron chi connectivity index (χ2n) is 3.71. The van der Waals surface area contributed by atoms with E-state index in [9.17, 15) is 8.42 Å². The van der Waals surface area contributed by atoms with Crippen molar-refractivity contribution >= 4 is 10.0 Å². The van der Waals surface area contributed by atoms with Gasteiger partial charge < -0.3 is 0 Å². The van der Waals surface area contributed by atoms with Crippen LogP contribution in [0.1, 0.15) is 31.7 Å². The molecule has 0 bridgehead atoms. The van der Waals surface area contributed by atoms with E-state index >= 15 is 0 Å². The lowest BCUT2D eigenvalue weighted by molar-refractivity contribution is 0.558. The van der Waals surface area contributed by atoms with Crippen molar-refractivity contribution in [2.24, 2.45) is 0 Å². The van der Waals surface area contributed by atoms with Crippen LogP contribution in [0.4, 0.5) is 0 Å². The third kappa shape index (κ3) is 3.28. The highest BCUT2D eigenvalue weighted by Crippen LogP contribution is 2.18. The number of aromatic nitrogens is 1. The van der Waals surface area contributed by atoms with Crippen LogP contribution in [-0.4, -0.2) is 19.4 Å². The van der Waals surface area contributed by atoms with E-state index in [0.29, 0.717) is 5.69 Å². The number of hydrogen-bond acceptors (Lipinski definition) is 3. The van der Waals surface area contributed by atoms with Gasteiger partial charge in [-0.1, -0.05) is 6.07 Å². The highest BCUT2D eigenvalue weighted by Gasteiger charge is 2.23. The van der Waals surface area contributed by atoms with E-state index in [2.05, 4.69) is 9.71 Å². The van der Waals surface area contributed by atoms with Gasteiger partial charge in [0.25, 0.3) is 0 Å². The Bertz CT molecular complexity index is 401. The number of pyridine rings is 1. The van der Waals surface area contributed by atoms with Crippen molar-refractivity contribution in [1.82, 2.24) is 9.71 Å². The quantitative estimate of drug-likeness (QED) is 0.849. The second-order valence-corrected chi connectivity index (χ2v) is 5.75. The zero-order chi connectivity index (χ0) is 11.5. The van der Waals surface area contributed by atoms with E-state index in [0.717, 1.165) is 0 Å². The summed E-state index contributed by atoms with van der Waals surface area (Å²) in [6.45, 7) is 5.22. The van der Waals surface area contributed by atoms with Crippen molar-refractivity contribution in [3.05, 3.63) is 30.1 Å². The molecule has 84 valence electrons. The van der Waals surface area contributed by atoms with Gasteiger partial charge in [-0.2, -0.15) is 0 Å². The van der Waals surface area contributed by atoms with Gasteiger partial charge in [-0.25, -0.2) is 13.1 Å². The van der Waals surface area contributed by atoms with Gasteiger partial charge >= 0.3 is 0 Å². The minimum absolute atomic E-state index is 0.0961. The molecule has 1 atom stereocenters. The Balaban J connectivity index is 2.90. The summed E-state index contributed by atoms with van der Waals surface area (Å²) in [5.74, 6) is 0. The van der Waals surface area contributed by atoms with E-state index in [4.69, 9.17) is 0 Å². The second kappa shape index (κ2) is 4.72. The lowest BCUT2D eigenvalue weighted by atomic mass is 10.3.